The van der Waals surface area contributed by atoms with Crippen LogP contribution in [0.3, 0.4) is 0 Å². The first-order valence-corrected chi connectivity index (χ1v) is 10.6. The van der Waals surface area contributed by atoms with Gasteiger partial charge in [-0.05, 0) is 56.9 Å². The number of likely N-dealkylation sites (tertiary alicyclic amines) is 1. The van der Waals surface area contributed by atoms with E-state index in [9.17, 15) is 9.59 Å². The Hall–Kier alpha value is -2.77. The van der Waals surface area contributed by atoms with E-state index in [2.05, 4.69) is 27.2 Å². The first-order chi connectivity index (χ1) is 14.5. The fourth-order valence-electron chi connectivity index (χ4n) is 4.29. The number of nitrogens with zero attached hydrogens (tertiary/aromatic N) is 2. The van der Waals surface area contributed by atoms with Crippen LogP contribution in [0.5, 0.6) is 0 Å². The van der Waals surface area contributed by atoms with Crippen LogP contribution < -0.4 is 16.2 Å². The maximum atomic E-state index is 13.1. The quantitative estimate of drug-likeness (QED) is 0.725. The van der Waals surface area contributed by atoms with Gasteiger partial charge in [0.15, 0.2) is 0 Å². The molecule has 0 spiro atoms. The van der Waals surface area contributed by atoms with Gasteiger partial charge in [0.1, 0.15) is 6.04 Å². The monoisotopic (exact) mass is 407 g/mol. The number of nitrogens with one attached hydrogen (secondary N) is 3. The summed E-state index contributed by atoms with van der Waals surface area (Å²) in [6, 6.07) is 11.5. The van der Waals surface area contributed by atoms with Crippen LogP contribution >= 0.6 is 0 Å². The van der Waals surface area contributed by atoms with Gasteiger partial charge >= 0.3 is 0 Å². The topological polar surface area (TPSA) is 86.4 Å². The SMILES string of the molecule is Cc1ccc(NC(=O)C2CCCN(C(=O)C3CC(c4ccccn4)NN3)C2)c(C)c1. The van der Waals surface area contributed by atoms with Gasteiger partial charge in [0.25, 0.3) is 0 Å². The minimum absolute atomic E-state index is 0.00792. The largest absolute Gasteiger partial charge is 0.341 e. The van der Waals surface area contributed by atoms with Crippen LogP contribution in [-0.4, -0.2) is 40.8 Å². The van der Waals surface area contributed by atoms with Crippen LogP contribution in [0.25, 0.3) is 0 Å². The molecule has 3 N–H and O–H groups in total. The maximum Gasteiger partial charge on any atom is 0.241 e. The maximum absolute atomic E-state index is 13.1. The fraction of sp³-hybridized carbons (Fsp3) is 0.435. The summed E-state index contributed by atoms with van der Waals surface area (Å²) in [5.41, 5.74) is 10.3. The van der Waals surface area contributed by atoms with Crippen molar-refractivity contribution in [1.29, 1.82) is 0 Å². The molecule has 30 heavy (non-hydrogen) atoms. The highest BCUT2D eigenvalue weighted by Gasteiger charge is 2.36. The summed E-state index contributed by atoms with van der Waals surface area (Å²) in [5, 5.41) is 3.05. The lowest BCUT2D eigenvalue weighted by Gasteiger charge is -2.33. The molecule has 3 unspecified atom stereocenters. The van der Waals surface area contributed by atoms with E-state index in [1.807, 2.05) is 49.1 Å². The number of carbonyl (C=O) groups is 2. The standard InChI is InChI=1S/C23H29N5O2/c1-15-8-9-18(16(2)12-15)25-22(29)17-6-5-11-28(14-17)23(30)21-13-20(26-27-21)19-7-3-4-10-24-19/h3-4,7-10,12,17,20-21,26-27H,5-6,11,13-14H2,1-2H3,(H,25,29). The second-order valence-corrected chi connectivity index (χ2v) is 8.32. The predicted octanol–water partition coefficient (Wildman–Crippen LogP) is 2.48. The molecule has 0 bridgehead atoms. The van der Waals surface area contributed by atoms with Gasteiger partial charge in [0.2, 0.25) is 11.8 Å². The number of aromatic nitrogens is 1. The summed E-state index contributed by atoms with van der Waals surface area (Å²) in [6.07, 6.45) is 4.04. The highest BCUT2D eigenvalue weighted by Crippen LogP contribution is 2.25. The number of hydrogen-bond acceptors (Lipinski definition) is 5. The van der Waals surface area contributed by atoms with Gasteiger partial charge in [-0.15, -0.1) is 0 Å². The summed E-state index contributed by atoms with van der Waals surface area (Å²) < 4.78 is 0. The number of hydrogen-bond donors (Lipinski definition) is 3. The molecular weight excluding hydrogens is 378 g/mol. The van der Waals surface area contributed by atoms with Crippen LogP contribution in [0.15, 0.2) is 42.6 Å². The fourth-order valence-corrected chi connectivity index (χ4v) is 4.29. The first kappa shape index (κ1) is 20.5. The number of pyridine rings is 1. The molecule has 7 heteroatoms. The molecule has 3 atom stereocenters. The number of hydrazine groups is 1. The third-order valence-electron chi connectivity index (χ3n) is 5.99. The molecule has 1 aromatic heterocycles. The molecule has 2 saturated heterocycles. The van der Waals surface area contributed by atoms with Crippen LogP contribution in [-0.2, 0) is 9.59 Å². The van der Waals surface area contributed by atoms with Crippen molar-refractivity contribution in [2.45, 2.75) is 45.2 Å². The molecular formula is C23H29N5O2. The minimum Gasteiger partial charge on any atom is -0.341 e. The summed E-state index contributed by atoms with van der Waals surface area (Å²) in [6.45, 7) is 5.18. The number of carbonyl (C=O) groups excluding carboxylic acids is 2. The Kier molecular flexibility index (Phi) is 6.11. The summed E-state index contributed by atoms with van der Waals surface area (Å²) in [7, 11) is 0. The van der Waals surface area contributed by atoms with Gasteiger partial charge < -0.3 is 10.2 Å². The average molecular weight is 408 g/mol. The Balaban J connectivity index is 1.35. The van der Waals surface area contributed by atoms with Crippen molar-refractivity contribution in [3.05, 3.63) is 59.4 Å². The average Bonchev–Trinajstić information content (AvgIpc) is 3.26. The molecule has 2 amide bonds. The number of piperidine rings is 1. The first-order valence-electron chi connectivity index (χ1n) is 10.6. The Labute approximate surface area is 177 Å². The van der Waals surface area contributed by atoms with E-state index in [1.54, 1.807) is 6.20 Å². The second-order valence-electron chi connectivity index (χ2n) is 8.32. The summed E-state index contributed by atoms with van der Waals surface area (Å²) in [5.74, 6) is -0.155. The zero-order valence-corrected chi connectivity index (χ0v) is 17.5. The van der Waals surface area contributed by atoms with Crippen molar-refractivity contribution < 1.29 is 9.59 Å². The lowest BCUT2D eigenvalue weighted by atomic mass is 9.95. The molecule has 1 aromatic carbocycles. The van der Waals surface area contributed by atoms with Crippen LogP contribution in [0.1, 0.15) is 42.1 Å². The smallest absolute Gasteiger partial charge is 0.241 e. The Morgan fingerprint density at radius 3 is 2.80 bits per heavy atom. The molecule has 2 aliphatic heterocycles. The molecule has 0 radical (unpaired) electrons. The molecule has 7 nitrogen and oxygen atoms in total. The molecule has 4 rings (SSSR count). The number of amides is 2. The van der Waals surface area contributed by atoms with Gasteiger partial charge in [-0.3, -0.25) is 14.6 Å². The normalized spacial score (nSPS) is 23.9. The minimum atomic E-state index is -0.307. The van der Waals surface area contributed by atoms with Crippen LogP contribution in [0.4, 0.5) is 5.69 Å². The lowest BCUT2D eigenvalue weighted by Crippen LogP contribution is -2.50. The third kappa shape index (κ3) is 4.52. The highest BCUT2D eigenvalue weighted by molar-refractivity contribution is 5.94. The number of aryl methyl sites for hydroxylation is 2. The Morgan fingerprint density at radius 2 is 2.03 bits per heavy atom. The van der Waals surface area contributed by atoms with Crippen molar-refractivity contribution in [1.82, 2.24) is 20.7 Å². The molecule has 2 fully saturated rings. The number of anilines is 1. The molecule has 2 aliphatic rings. The van der Waals surface area contributed by atoms with Gasteiger partial charge in [-0.1, -0.05) is 23.8 Å². The van der Waals surface area contributed by atoms with E-state index >= 15 is 0 Å². The van der Waals surface area contributed by atoms with E-state index in [1.165, 1.54) is 5.56 Å². The summed E-state index contributed by atoms with van der Waals surface area (Å²) in [4.78, 5) is 32.1. The zero-order chi connectivity index (χ0) is 21.1. The predicted molar refractivity (Wildman–Crippen MR) is 116 cm³/mol. The van der Waals surface area contributed by atoms with Crippen LogP contribution in [0.2, 0.25) is 0 Å². The van der Waals surface area contributed by atoms with E-state index in [4.69, 9.17) is 0 Å². The molecule has 3 heterocycles. The number of rotatable bonds is 4. The highest BCUT2D eigenvalue weighted by atomic mass is 16.2. The van der Waals surface area contributed by atoms with Crippen molar-refractivity contribution in [3.8, 4) is 0 Å². The van der Waals surface area contributed by atoms with Crippen molar-refractivity contribution in [2.24, 2.45) is 5.92 Å². The lowest BCUT2D eigenvalue weighted by molar-refractivity contribution is -0.136. The Bertz CT molecular complexity index is 917. The number of benzene rings is 1. The Morgan fingerprint density at radius 1 is 1.17 bits per heavy atom. The molecule has 0 aliphatic carbocycles. The summed E-state index contributed by atoms with van der Waals surface area (Å²) >= 11 is 0. The van der Waals surface area contributed by atoms with Gasteiger partial charge in [0, 0.05) is 25.0 Å². The van der Waals surface area contributed by atoms with Crippen molar-refractivity contribution in [3.63, 3.8) is 0 Å². The van der Waals surface area contributed by atoms with E-state index in [0.29, 0.717) is 19.5 Å². The van der Waals surface area contributed by atoms with Gasteiger partial charge in [0.05, 0.1) is 17.7 Å². The third-order valence-corrected chi connectivity index (χ3v) is 5.99. The van der Waals surface area contributed by atoms with Crippen molar-refractivity contribution in [2.75, 3.05) is 18.4 Å². The van der Waals surface area contributed by atoms with E-state index in [0.717, 1.165) is 29.8 Å². The second kappa shape index (κ2) is 8.93. The molecule has 2 aromatic rings. The van der Waals surface area contributed by atoms with Crippen LogP contribution in [0, 0.1) is 19.8 Å². The zero-order valence-electron chi connectivity index (χ0n) is 17.5. The van der Waals surface area contributed by atoms with Gasteiger partial charge in [-0.2, -0.15) is 0 Å². The van der Waals surface area contributed by atoms with Gasteiger partial charge in [-0.25, -0.2) is 10.9 Å². The van der Waals surface area contributed by atoms with Crippen molar-refractivity contribution >= 4 is 17.5 Å². The molecule has 158 valence electrons. The molecule has 0 saturated carbocycles. The van der Waals surface area contributed by atoms with E-state index < -0.39 is 0 Å². The van der Waals surface area contributed by atoms with E-state index in [-0.39, 0.29) is 29.8 Å².